The molecule has 0 aliphatic carbocycles. The van der Waals surface area contributed by atoms with Gasteiger partial charge < -0.3 is 5.32 Å². The van der Waals surface area contributed by atoms with Crippen LogP contribution in [0.2, 0.25) is 0 Å². The fourth-order valence-corrected chi connectivity index (χ4v) is 3.35. The van der Waals surface area contributed by atoms with E-state index in [9.17, 15) is 9.59 Å². The molecule has 0 radical (unpaired) electrons. The minimum atomic E-state index is -0.276. The van der Waals surface area contributed by atoms with Gasteiger partial charge in [0.15, 0.2) is 10.9 Å². The fourth-order valence-electron chi connectivity index (χ4n) is 2.28. The maximum absolute atomic E-state index is 12.1. The Morgan fingerprint density at radius 2 is 1.80 bits per heavy atom. The van der Waals surface area contributed by atoms with Crippen molar-refractivity contribution in [3.8, 4) is 0 Å². The number of Topliss-reactive ketones (excluding diaryl/α,β-unsaturated/α-hetero) is 1. The van der Waals surface area contributed by atoms with Crippen molar-refractivity contribution in [3.63, 3.8) is 0 Å². The molecule has 3 N–H and O–H groups in total. The third-order valence-corrected chi connectivity index (χ3v) is 4.74. The first-order chi connectivity index (χ1) is 12.0. The van der Waals surface area contributed by atoms with E-state index >= 15 is 0 Å². The van der Waals surface area contributed by atoms with Crippen molar-refractivity contribution >= 4 is 40.4 Å². The summed E-state index contributed by atoms with van der Waals surface area (Å²) in [5.41, 5.74) is 6.95. The average Bonchev–Trinajstić information content (AvgIpc) is 2.95. The summed E-state index contributed by atoms with van der Waals surface area (Å²) < 4.78 is 0. The van der Waals surface area contributed by atoms with Gasteiger partial charge in [-0.3, -0.25) is 20.4 Å². The summed E-state index contributed by atoms with van der Waals surface area (Å²) in [6.45, 7) is 4.45. The zero-order valence-corrected chi connectivity index (χ0v) is 15.9. The molecule has 1 heterocycles. The van der Waals surface area contributed by atoms with Gasteiger partial charge in [0, 0.05) is 34.7 Å². The number of carbonyl (C=O) groups excluding carboxylic acids is 2. The number of nitrogens with one attached hydrogen (secondary N) is 3. The number of hydrogen-bond donors (Lipinski definition) is 3. The lowest BCUT2D eigenvalue weighted by Gasteiger charge is -2.11. The van der Waals surface area contributed by atoms with Crippen molar-refractivity contribution in [2.45, 2.75) is 33.2 Å². The Labute approximate surface area is 156 Å². The molecule has 0 saturated heterocycles. The second-order valence-electron chi connectivity index (χ2n) is 5.59. The van der Waals surface area contributed by atoms with Gasteiger partial charge in [-0.1, -0.05) is 30.3 Å². The Balaban J connectivity index is 1.67. The maximum Gasteiger partial charge on any atom is 0.238 e. The number of aryl methyl sites for hydroxylation is 2. The SMILES string of the molecule is Cc1cc(C(=O)CCC(=O)NNC(=S)NCc2ccccc2)c(C)s1. The van der Waals surface area contributed by atoms with Crippen LogP contribution in [0.3, 0.4) is 0 Å². The highest BCUT2D eigenvalue weighted by atomic mass is 32.1. The second kappa shape index (κ2) is 9.29. The molecule has 0 aliphatic rings. The predicted molar refractivity (Wildman–Crippen MR) is 105 cm³/mol. The average molecular weight is 376 g/mol. The van der Waals surface area contributed by atoms with E-state index in [0.29, 0.717) is 17.2 Å². The molecule has 25 heavy (non-hydrogen) atoms. The van der Waals surface area contributed by atoms with E-state index in [1.807, 2.05) is 50.2 Å². The van der Waals surface area contributed by atoms with Crippen LogP contribution in [0.15, 0.2) is 36.4 Å². The van der Waals surface area contributed by atoms with Crippen LogP contribution < -0.4 is 16.2 Å². The molecule has 0 bridgehead atoms. The Morgan fingerprint density at radius 1 is 1.08 bits per heavy atom. The molecule has 0 spiro atoms. The van der Waals surface area contributed by atoms with Crippen molar-refractivity contribution in [3.05, 3.63) is 57.3 Å². The zero-order valence-electron chi connectivity index (χ0n) is 14.2. The summed E-state index contributed by atoms with van der Waals surface area (Å²) in [5, 5.41) is 3.32. The van der Waals surface area contributed by atoms with E-state index in [4.69, 9.17) is 12.2 Å². The van der Waals surface area contributed by atoms with Gasteiger partial charge in [0.2, 0.25) is 5.91 Å². The highest BCUT2D eigenvalue weighted by Crippen LogP contribution is 2.22. The van der Waals surface area contributed by atoms with Gasteiger partial charge in [0.25, 0.3) is 0 Å². The van der Waals surface area contributed by atoms with Crippen LogP contribution in [-0.2, 0) is 11.3 Å². The molecule has 5 nitrogen and oxygen atoms in total. The van der Waals surface area contributed by atoms with Crippen molar-refractivity contribution < 1.29 is 9.59 Å². The summed E-state index contributed by atoms with van der Waals surface area (Å²) in [7, 11) is 0. The minimum Gasteiger partial charge on any atom is -0.357 e. The molecule has 1 aromatic carbocycles. The van der Waals surface area contributed by atoms with Crippen molar-refractivity contribution in [1.29, 1.82) is 0 Å². The number of hydrogen-bond acceptors (Lipinski definition) is 4. The van der Waals surface area contributed by atoms with Crippen molar-refractivity contribution in [1.82, 2.24) is 16.2 Å². The van der Waals surface area contributed by atoms with Crippen LogP contribution in [0.4, 0.5) is 0 Å². The monoisotopic (exact) mass is 375 g/mol. The fraction of sp³-hybridized carbons (Fsp3) is 0.278. The first-order valence-corrected chi connectivity index (χ1v) is 9.15. The van der Waals surface area contributed by atoms with Gasteiger partial charge >= 0.3 is 0 Å². The summed E-state index contributed by atoms with van der Waals surface area (Å²) in [6.07, 6.45) is 0.288. The molecule has 2 rings (SSSR count). The molecule has 0 unspecified atom stereocenters. The molecular weight excluding hydrogens is 354 g/mol. The first-order valence-electron chi connectivity index (χ1n) is 7.92. The molecule has 0 atom stereocenters. The Bertz CT molecular complexity index is 757. The van der Waals surface area contributed by atoms with Crippen LogP contribution in [0.25, 0.3) is 0 Å². The Morgan fingerprint density at radius 3 is 2.44 bits per heavy atom. The maximum atomic E-state index is 12.1. The highest BCUT2D eigenvalue weighted by molar-refractivity contribution is 7.80. The molecule has 132 valence electrons. The van der Waals surface area contributed by atoms with Crippen molar-refractivity contribution in [2.75, 3.05) is 0 Å². The Hall–Kier alpha value is -2.25. The molecule has 0 saturated carbocycles. The van der Waals surface area contributed by atoms with E-state index in [-0.39, 0.29) is 24.5 Å². The summed E-state index contributed by atoms with van der Waals surface area (Å²) in [5.74, 6) is -0.288. The summed E-state index contributed by atoms with van der Waals surface area (Å²) in [6, 6.07) is 11.7. The topological polar surface area (TPSA) is 70.2 Å². The van der Waals surface area contributed by atoms with E-state index in [2.05, 4.69) is 16.2 Å². The number of benzene rings is 1. The van der Waals surface area contributed by atoms with Gasteiger partial charge in [-0.15, -0.1) is 11.3 Å². The lowest BCUT2D eigenvalue weighted by atomic mass is 10.1. The molecule has 2 aromatic rings. The molecular formula is C18H21N3O2S2. The van der Waals surface area contributed by atoms with Crippen LogP contribution >= 0.6 is 23.6 Å². The lowest BCUT2D eigenvalue weighted by Crippen LogP contribution is -2.46. The molecule has 1 aromatic heterocycles. The molecule has 0 fully saturated rings. The first kappa shape index (κ1) is 19.1. The number of amides is 1. The molecule has 7 heteroatoms. The third kappa shape index (κ3) is 6.28. The number of carbonyl (C=O) groups is 2. The van der Waals surface area contributed by atoms with E-state index in [1.165, 1.54) is 0 Å². The number of thiocarbonyl (C=S) groups is 1. The van der Waals surface area contributed by atoms with Gasteiger partial charge in [0.05, 0.1) is 0 Å². The van der Waals surface area contributed by atoms with Gasteiger partial charge in [0.1, 0.15) is 0 Å². The lowest BCUT2D eigenvalue weighted by molar-refractivity contribution is -0.121. The largest absolute Gasteiger partial charge is 0.357 e. The number of hydrazine groups is 1. The van der Waals surface area contributed by atoms with E-state index in [0.717, 1.165) is 15.3 Å². The quantitative estimate of drug-likeness (QED) is 0.411. The smallest absolute Gasteiger partial charge is 0.238 e. The minimum absolute atomic E-state index is 0.0122. The third-order valence-electron chi connectivity index (χ3n) is 3.53. The zero-order chi connectivity index (χ0) is 18.2. The molecule has 0 aliphatic heterocycles. The van der Waals surface area contributed by atoms with Crippen LogP contribution in [0.1, 0.15) is 38.5 Å². The summed E-state index contributed by atoms with van der Waals surface area (Å²) >= 11 is 6.69. The molecule has 1 amide bonds. The van der Waals surface area contributed by atoms with Crippen molar-refractivity contribution in [2.24, 2.45) is 0 Å². The number of rotatable bonds is 6. The second-order valence-corrected chi connectivity index (χ2v) is 7.46. The number of thiophene rings is 1. The normalized spacial score (nSPS) is 10.2. The van der Waals surface area contributed by atoms with E-state index in [1.54, 1.807) is 11.3 Å². The van der Waals surface area contributed by atoms with Crippen LogP contribution in [0, 0.1) is 13.8 Å². The van der Waals surface area contributed by atoms with Gasteiger partial charge in [-0.2, -0.15) is 0 Å². The number of ketones is 1. The van der Waals surface area contributed by atoms with Gasteiger partial charge in [-0.05, 0) is 37.7 Å². The standard InChI is InChI=1S/C18H21N3O2S2/c1-12-10-15(13(2)25-12)16(22)8-9-17(23)20-21-18(24)19-11-14-6-4-3-5-7-14/h3-7,10H,8-9,11H2,1-2H3,(H,20,23)(H2,19,21,24). The predicted octanol–water partition coefficient (Wildman–Crippen LogP) is 3.02. The summed E-state index contributed by atoms with van der Waals surface area (Å²) in [4.78, 5) is 26.1. The van der Waals surface area contributed by atoms with Crippen LogP contribution in [0.5, 0.6) is 0 Å². The highest BCUT2D eigenvalue weighted by Gasteiger charge is 2.13. The van der Waals surface area contributed by atoms with E-state index < -0.39 is 0 Å². The van der Waals surface area contributed by atoms with Gasteiger partial charge in [-0.25, -0.2) is 0 Å². The Kier molecular flexibility index (Phi) is 7.09. The van der Waals surface area contributed by atoms with Crippen LogP contribution in [-0.4, -0.2) is 16.8 Å².